The Morgan fingerprint density at radius 3 is 2.57 bits per heavy atom. The Morgan fingerprint density at radius 1 is 1.57 bits per heavy atom. The Labute approximate surface area is 79.5 Å². The van der Waals surface area contributed by atoms with Crippen LogP contribution in [0.3, 0.4) is 0 Å². The maximum Gasteiger partial charge on any atom is 0.414 e. The predicted molar refractivity (Wildman–Crippen MR) is 43.0 cm³/mol. The Kier molecular flexibility index (Phi) is 5.47. The van der Waals surface area contributed by atoms with Crippen LogP contribution in [0.5, 0.6) is 0 Å². The fourth-order valence-corrected chi connectivity index (χ4v) is 0.623. The summed E-state index contributed by atoms with van der Waals surface area (Å²) in [5, 5.41) is 0. The van der Waals surface area contributed by atoms with Gasteiger partial charge in [0.15, 0.2) is 6.61 Å². The molecule has 1 amide bonds. The van der Waals surface area contributed by atoms with E-state index >= 15 is 0 Å². The second-order valence-electron chi connectivity index (χ2n) is 2.80. The molecule has 0 aliphatic heterocycles. The number of amides is 1. The third kappa shape index (κ3) is 7.81. The number of carbonyl (C=O) groups excluding carboxylic acids is 1. The molecule has 0 aliphatic carbocycles. The lowest BCUT2D eigenvalue weighted by Gasteiger charge is -2.10. The van der Waals surface area contributed by atoms with Gasteiger partial charge in [-0.15, -0.1) is 0 Å². The van der Waals surface area contributed by atoms with Gasteiger partial charge < -0.3 is 5.73 Å². The van der Waals surface area contributed by atoms with Gasteiger partial charge in [-0.25, -0.2) is 5.48 Å². The molecule has 14 heavy (non-hydrogen) atoms. The molecule has 0 aromatic rings. The van der Waals surface area contributed by atoms with Crippen molar-refractivity contribution in [1.29, 1.82) is 0 Å². The van der Waals surface area contributed by atoms with Crippen LogP contribution in [-0.2, 0) is 9.63 Å². The molecule has 4 nitrogen and oxygen atoms in total. The zero-order valence-corrected chi connectivity index (χ0v) is 7.73. The van der Waals surface area contributed by atoms with Crippen LogP contribution in [0.25, 0.3) is 0 Å². The number of nitrogens with two attached hydrogens (primary N) is 1. The number of hydrogen-bond donors (Lipinski definition) is 2. The van der Waals surface area contributed by atoms with Crippen molar-refractivity contribution in [2.45, 2.75) is 32.0 Å². The molecular formula is C7H13F3N2O2. The number of carbonyl (C=O) groups is 1. The molecule has 0 radical (unpaired) electrons. The molecule has 0 rings (SSSR count). The van der Waals surface area contributed by atoms with Crippen molar-refractivity contribution < 1.29 is 22.8 Å². The van der Waals surface area contributed by atoms with E-state index in [-0.39, 0.29) is 12.5 Å². The van der Waals surface area contributed by atoms with Crippen LogP contribution < -0.4 is 11.2 Å². The minimum absolute atomic E-state index is 0.0473. The van der Waals surface area contributed by atoms with Crippen LogP contribution in [0.15, 0.2) is 0 Å². The summed E-state index contributed by atoms with van der Waals surface area (Å²) < 4.78 is 34.6. The average molecular weight is 214 g/mol. The molecule has 0 heterocycles. The molecule has 0 spiro atoms. The molecule has 0 saturated carbocycles. The van der Waals surface area contributed by atoms with Gasteiger partial charge in [-0.1, -0.05) is 6.92 Å². The van der Waals surface area contributed by atoms with Crippen LogP contribution in [0, 0.1) is 0 Å². The van der Waals surface area contributed by atoms with Gasteiger partial charge in [0, 0.05) is 12.5 Å². The normalized spacial score (nSPS) is 13.8. The minimum atomic E-state index is -4.44. The molecule has 3 N–H and O–H groups in total. The van der Waals surface area contributed by atoms with E-state index < -0.39 is 18.7 Å². The quantitative estimate of drug-likeness (QED) is 0.663. The second kappa shape index (κ2) is 5.82. The number of hydrogen-bond acceptors (Lipinski definition) is 3. The lowest BCUT2D eigenvalue weighted by atomic mass is 10.2. The summed E-state index contributed by atoms with van der Waals surface area (Å²) in [5.41, 5.74) is 7.06. The van der Waals surface area contributed by atoms with E-state index in [1.54, 1.807) is 12.4 Å². The summed E-state index contributed by atoms with van der Waals surface area (Å²) in [6, 6.07) is -0.357. The summed E-state index contributed by atoms with van der Waals surface area (Å²) >= 11 is 0. The number of rotatable bonds is 5. The predicted octanol–water partition coefficient (Wildman–Crippen LogP) is 0.724. The van der Waals surface area contributed by atoms with Gasteiger partial charge >= 0.3 is 6.18 Å². The lowest BCUT2D eigenvalue weighted by molar-refractivity contribution is -0.191. The molecule has 1 unspecified atom stereocenters. The molecule has 0 fully saturated rings. The lowest BCUT2D eigenvalue weighted by Crippen LogP contribution is -2.33. The van der Waals surface area contributed by atoms with Gasteiger partial charge in [-0.3, -0.25) is 9.63 Å². The Hall–Kier alpha value is -0.820. The first-order chi connectivity index (χ1) is 6.35. The van der Waals surface area contributed by atoms with E-state index in [2.05, 4.69) is 4.84 Å². The van der Waals surface area contributed by atoms with E-state index in [0.29, 0.717) is 6.42 Å². The third-order valence-corrected chi connectivity index (χ3v) is 1.39. The number of halogens is 3. The van der Waals surface area contributed by atoms with Crippen molar-refractivity contribution in [3.63, 3.8) is 0 Å². The highest BCUT2D eigenvalue weighted by Crippen LogP contribution is 2.13. The largest absolute Gasteiger partial charge is 0.414 e. The van der Waals surface area contributed by atoms with E-state index in [4.69, 9.17) is 5.73 Å². The molecular weight excluding hydrogens is 201 g/mol. The SMILES string of the molecule is CCC(N)CC(=O)NOCC(F)(F)F. The summed E-state index contributed by atoms with van der Waals surface area (Å²) in [6.45, 7) is 0.272. The molecule has 84 valence electrons. The van der Waals surface area contributed by atoms with Crippen molar-refractivity contribution >= 4 is 5.91 Å². The van der Waals surface area contributed by atoms with E-state index in [9.17, 15) is 18.0 Å². The standard InChI is InChI=1S/C7H13F3N2O2/c1-2-5(11)3-6(13)12-14-4-7(8,9)10/h5H,2-4,11H2,1H3,(H,12,13). The summed E-state index contributed by atoms with van der Waals surface area (Å²) in [4.78, 5) is 14.7. The van der Waals surface area contributed by atoms with Crippen LogP contribution >= 0.6 is 0 Å². The van der Waals surface area contributed by atoms with Gasteiger partial charge in [0.05, 0.1) is 0 Å². The molecule has 0 aromatic heterocycles. The van der Waals surface area contributed by atoms with Crippen molar-refractivity contribution in [2.24, 2.45) is 5.73 Å². The number of nitrogens with one attached hydrogen (secondary N) is 1. The van der Waals surface area contributed by atoms with E-state index in [1.807, 2.05) is 0 Å². The van der Waals surface area contributed by atoms with Crippen LogP contribution in [0.1, 0.15) is 19.8 Å². The van der Waals surface area contributed by atoms with Crippen LogP contribution in [-0.4, -0.2) is 24.7 Å². The van der Waals surface area contributed by atoms with E-state index in [0.717, 1.165) is 0 Å². The highest BCUT2D eigenvalue weighted by Gasteiger charge is 2.28. The fourth-order valence-electron chi connectivity index (χ4n) is 0.623. The smallest absolute Gasteiger partial charge is 0.327 e. The summed E-state index contributed by atoms with van der Waals surface area (Å²) in [7, 11) is 0. The average Bonchev–Trinajstić information content (AvgIpc) is 2.01. The molecule has 0 aromatic carbocycles. The van der Waals surface area contributed by atoms with Gasteiger partial charge in [0.2, 0.25) is 5.91 Å². The maximum atomic E-state index is 11.5. The first-order valence-corrected chi connectivity index (χ1v) is 4.08. The zero-order valence-electron chi connectivity index (χ0n) is 7.73. The third-order valence-electron chi connectivity index (χ3n) is 1.39. The first-order valence-electron chi connectivity index (χ1n) is 4.08. The Bertz CT molecular complexity index is 184. The van der Waals surface area contributed by atoms with Crippen molar-refractivity contribution in [3.05, 3.63) is 0 Å². The summed E-state index contributed by atoms with van der Waals surface area (Å²) in [6.07, 6.45) is -3.92. The Balaban J connectivity index is 3.55. The van der Waals surface area contributed by atoms with Crippen LogP contribution in [0.2, 0.25) is 0 Å². The highest BCUT2D eigenvalue weighted by molar-refractivity contribution is 5.75. The van der Waals surface area contributed by atoms with Gasteiger partial charge in [-0.2, -0.15) is 13.2 Å². The van der Waals surface area contributed by atoms with Gasteiger partial charge in [0.25, 0.3) is 0 Å². The van der Waals surface area contributed by atoms with Gasteiger partial charge in [0.1, 0.15) is 0 Å². The van der Waals surface area contributed by atoms with E-state index in [1.165, 1.54) is 0 Å². The highest BCUT2D eigenvalue weighted by atomic mass is 19.4. The van der Waals surface area contributed by atoms with Crippen molar-refractivity contribution in [3.8, 4) is 0 Å². The molecule has 1 atom stereocenters. The zero-order chi connectivity index (χ0) is 11.2. The fraction of sp³-hybridized carbons (Fsp3) is 0.857. The number of hydroxylamine groups is 1. The van der Waals surface area contributed by atoms with Crippen molar-refractivity contribution in [2.75, 3.05) is 6.61 Å². The van der Waals surface area contributed by atoms with Crippen LogP contribution in [0.4, 0.5) is 13.2 Å². The van der Waals surface area contributed by atoms with Gasteiger partial charge in [-0.05, 0) is 6.42 Å². The second-order valence-corrected chi connectivity index (χ2v) is 2.80. The monoisotopic (exact) mass is 214 g/mol. The Morgan fingerprint density at radius 2 is 2.14 bits per heavy atom. The first kappa shape index (κ1) is 13.2. The molecule has 0 aliphatic rings. The molecule has 0 saturated heterocycles. The maximum absolute atomic E-state index is 11.5. The minimum Gasteiger partial charge on any atom is -0.327 e. The molecule has 7 heteroatoms. The number of alkyl halides is 3. The topological polar surface area (TPSA) is 64.4 Å². The summed E-state index contributed by atoms with van der Waals surface area (Å²) in [5.74, 6) is -0.649. The molecule has 0 bridgehead atoms. The van der Waals surface area contributed by atoms with Crippen molar-refractivity contribution in [1.82, 2.24) is 5.48 Å².